The first-order valence-corrected chi connectivity index (χ1v) is 16.7. The van der Waals surface area contributed by atoms with Crippen LogP contribution in [0.3, 0.4) is 0 Å². The summed E-state index contributed by atoms with van der Waals surface area (Å²) in [6.45, 7) is 7.88. The van der Waals surface area contributed by atoms with E-state index in [2.05, 4.69) is 36.4 Å². The maximum atomic E-state index is 16.8. The van der Waals surface area contributed by atoms with Crippen LogP contribution in [-0.4, -0.2) is 68.8 Å². The number of aromatic hydroxyl groups is 1. The molecule has 0 radical (unpaired) electrons. The SMILES string of the molecule is C#Cc1c(F)ccc2cc(O)cc(-c3nc4c5c(nc(OCC67CCCN6CCC7)nc5c3F)NC(C(F)NC(F)CC)CC4)c12.CC. The molecule has 5 heterocycles. The molecule has 48 heavy (non-hydrogen) atoms. The number of benzene rings is 2. The molecule has 12 heteroatoms. The molecule has 2 saturated heterocycles. The van der Waals surface area contributed by atoms with Crippen molar-refractivity contribution in [2.75, 3.05) is 25.0 Å². The fraction of sp³-hybridized carbons (Fsp3) is 0.472. The summed E-state index contributed by atoms with van der Waals surface area (Å²) in [4.78, 5) is 16.1. The molecule has 3 atom stereocenters. The Morgan fingerprint density at radius 2 is 1.88 bits per heavy atom. The number of rotatable bonds is 8. The second kappa shape index (κ2) is 13.7. The zero-order valence-corrected chi connectivity index (χ0v) is 27.3. The lowest BCUT2D eigenvalue weighted by atomic mass is 9.95. The average molecular weight is 665 g/mol. The Morgan fingerprint density at radius 1 is 1.12 bits per heavy atom. The molecule has 0 saturated carbocycles. The number of phenolic OH excluding ortho intramolecular Hbond substituents is 1. The number of phenols is 1. The van der Waals surface area contributed by atoms with Gasteiger partial charge in [0.15, 0.2) is 18.4 Å². The van der Waals surface area contributed by atoms with Crippen molar-refractivity contribution in [2.24, 2.45) is 0 Å². The van der Waals surface area contributed by atoms with Gasteiger partial charge in [0, 0.05) is 10.9 Å². The molecular weight excluding hydrogens is 624 g/mol. The highest BCUT2D eigenvalue weighted by molar-refractivity contribution is 6.03. The lowest BCUT2D eigenvalue weighted by molar-refractivity contribution is 0.108. The zero-order chi connectivity index (χ0) is 34.2. The lowest BCUT2D eigenvalue weighted by Crippen LogP contribution is -2.44. The van der Waals surface area contributed by atoms with Crippen LogP contribution < -0.4 is 15.4 Å². The van der Waals surface area contributed by atoms with Crippen LogP contribution >= 0.6 is 0 Å². The number of anilines is 1. The molecule has 0 bridgehead atoms. The van der Waals surface area contributed by atoms with Gasteiger partial charge in [0.1, 0.15) is 35.2 Å². The highest BCUT2D eigenvalue weighted by Gasteiger charge is 2.45. The van der Waals surface area contributed by atoms with E-state index in [0.29, 0.717) is 17.7 Å². The molecule has 7 rings (SSSR count). The largest absolute Gasteiger partial charge is 0.508 e. The number of aryl methyl sites for hydroxylation is 1. The van der Waals surface area contributed by atoms with Crippen LogP contribution in [0.25, 0.3) is 32.9 Å². The summed E-state index contributed by atoms with van der Waals surface area (Å²) in [6, 6.07) is 4.30. The standard InChI is InChI=1S/C34H34F4N6O2.C2H6/c1-3-20-22(35)8-7-18-15-19(45)16-21(26(18)20)29-28(37)30-27-23(39-29)9-10-24(31(38)41-25(36)4-2)40-32(27)43-33(42-30)46-17-34-11-5-13-44(34)14-6-12-34;1-2/h1,7-8,15-16,24-25,31,41,45H,4-6,9-14,17H2,2H3,(H,40,42,43);1-2H3. The van der Waals surface area contributed by atoms with Gasteiger partial charge in [-0.15, -0.1) is 6.42 Å². The van der Waals surface area contributed by atoms with Crippen LogP contribution in [0.2, 0.25) is 0 Å². The van der Waals surface area contributed by atoms with Gasteiger partial charge in [0.2, 0.25) is 0 Å². The molecule has 0 amide bonds. The topological polar surface area (TPSA) is 95.4 Å². The first-order valence-electron chi connectivity index (χ1n) is 16.7. The van der Waals surface area contributed by atoms with E-state index < -0.39 is 30.3 Å². The second-order valence-corrected chi connectivity index (χ2v) is 12.4. The molecular formula is C36H40F4N6O2. The molecule has 3 N–H and O–H groups in total. The number of fused-ring (bicyclic) bond motifs is 2. The summed E-state index contributed by atoms with van der Waals surface area (Å²) in [6.07, 6.45) is 6.78. The monoisotopic (exact) mass is 664 g/mol. The minimum absolute atomic E-state index is 0.0779. The van der Waals surface area contributed by atoms with Crippen molar-refractivity contribution in [1.82, 2.24) is 25.2 Å². The predicted octanol–water partition coefficient (Wildman–Crippen LogP) is 7.16. The van der Waals surface area contributed by atoms with Crippen LogP contribution in [0.5, 0.6) is 11.8 Å². The third kappa shape index (κ3) is 5.98. The van der Waals surface area contributed by atoms with E-state index in [9.17, 15) is 13.9 Å². The van der Waals surface area contributed by atoms with Gasteiger partial charge in [-0.2, -0.15) is 9.97 Å². The van der Waals surface area contributed by atoms with Gasteiger partial charge in [0.25, 0.3) is 0 Å². The fourth-order valence-electron chi connectivity index (χ4n) is 7.33. The van der Waals surface area contributed by atoms with Crippen molar-refractivity contribution >= 4 is 27.5 Å². The molecule has 0 spiro atoms. The Kier molecular flexibility index (Phi) is 9.63. The number of aromatic nitrogens is 3. The Balaban J connectivity index is 0.00000197. The molecule has 2 fully saturated rings. The number of hydrogen-bond acceptors (Lipinski definition) is 8. The molecule has 3 aliphatic heterocycles. The quantitative estimate of drug-likeness (QED) is 0.104. The lowest BCUT2D eigenvalue weighted by Gasteiger charge is -2.31. The van der Waals surface area contributed by atoms with Crippen LogP contribution in [0, 0.1) is 24.0 Å². The molecule has 2 aromatic heterocycles. The summed E-state index contributed by atoms with van der Waals surface area (Å²) in [7, 11) is 0. The smallest absolute Gasteiger partial charge is 0.319 e. The van der Waals surface area contributed by atoms with Gasteiger partial charge in [-0.25, -0.2) is 22.5 Å². The minimum atomic E-state index is -1.79. The third-order valence-corrected chi connectivity index (χ3v) is 9.64. The number of pyridine rings is 1. The highest BCUT2D eigenvalue weighted by atomic mass is 19.2. The number of hydrogen-bond donors (Lipinski definition) is 3. The van der Waals surface area contributed by atoms with Gasteiger partial charge in [0.05, 0.1) is 28.2 Å². The van der Waals surface area contributed by atoms with E-state index in [1.165, 1.54) is 24.3 Å². The Labute approximate surface area is 277 Å². The van der Waals surface area contributed by atoms with Crippen molar-refractivity contribution in [2.45, 2.75) is 89.9 Å². The molecule has 8 nitrogen and oxygen atoms in total. The van der Waals surface area contributed by atoms with Gasteiger partial charge in [-0.3, -0.25) is 10.2 Å². The summed E-state index contributed by atoms with van der Waals surface area (Å²) >= 11 is 0. The Hall–Kier alpha value is -4.21. The number of nitrogens with one attached hydrogen (secondary N) is 2. The van der Waals surface area contributed by atoms with Gasteiger partial charge in [-0.1, -0.05) is 32.8 Å². The number of halogens is 4. The Morgan fingerprint density at radius 3 is 2.58 bits per heavy atom. The minimum Gasteiger partial charge on any atom is -0.508 e. The maximum absolute atomic E-state index is 16.8. The summed E-state index contributed by atoms with van der Waals surface area (Å²) in [5.74, 6) is 0.728. The first kappa shape index (κ1) is 33.7. The van der Waals surface area contributed by atoms with Crippen LogP contribution in [-0.2, 0) is 6.42 Å². The van der Waals surface area contributed by atoms with E-state index in [4.69, 9.17) is 11.2 Å². The molecule has 4 aromatic rings. The van der Waals surface area contributed by atoms with Gasteiger partial charge >= 0.3 is 6.01 Å². The third-order valence-electron chi connectivity index (χ3n) is 9.64. The molecule has 2 aromatic carbocycles. The van der Waals surface area contributed by atoms with E-state index in [1.807, 2.05) is 13.8 Å². The van der Waals surface area contributed by atoms with Crippen LogP contribution in [0.15, 0.2) is 24.3 Å². The van der Waals surface area contributed by atoms with Crippen molar-refractivity contribution in [3.63, 3.8) is 0 Å². The van der Waals surface area contributed by atoms with Crippen molar-refractivity contribution in [3.05, 3.63) is 47.2 Å². The van der Waals surface area contributed by atoms with Crippen LogP contribution in [0.4, 0.5) is 23.4 Å². The van der Waals surface area contributed by atoms with E-state index in [-0.39, 0.29) is 75.5 Å². The van der Waals surface area contributed by atoms with Crippen molar-refractivity contribution < 1.29 is 27.4 Å². The molecule has 3 unspecified atom stereocenters. The Bertz CT molecular complexity index is 1870. The van der Waals surface area contributed by atoms with E-state index >= 15 is 8.78 Å². The maximum Gasteiger partial charge on any atom is 0.319 e. The number of nitrogens with zero attached hydrogens (tertiary/aromatic N) is 4. The number of alkyl halides is 2. The first-order chi connectivity index (χ1) is 23.2. The molecule has 0 aliphatic carbocycles. The fourth-order valence-corrected chi connectivity index (χ4v) is 7.33. The predicted molar refractivity (Wildman–Crippen MR) is 178 cm³/mol. The van der Waals surface area contributed by atoms with Crippen molar-refractivity contribution in [1.29, 1.82) is 0 Å². The summed E-state index contributed by atoms with van der Waals surface area (Å²) < 4.78 is 67.4. The van der Waals surface area contributed by atoms with Gasteiger partial charge in [-0.05, 0) is 81.6 Å². The van der Waals surface area contributed by atoms with Crippen molar-refractivity contribution in [3.8, 4) is 35.4 Å². The highest BCUT2D eigenvalue weighted by Crippen LogP contribution is 2.42. The summed E-state index contributed by atoms with van der Waals surface area (Å²) in [5, 5.41) is 16.8. The van der Waals surface area contributed by atoms with E-state index in [1.54, 1.807) is 6.92 Å². The van der Waals surface area contributed by atoms with E-state index in [0.717, 1.165) is 38.8 Å². The van der Waals surface area contributed by atoms with Gasteiger partial charge < -0.3 is 15.2 Å². The average Bonchev–Trinajstić information content (AvgIpc) is 3.62. The van der Waals surface area contributed by atoms with Crippen LogP contribution in [0.1, 0.15) is 70.6 Å². The molecule has 254 valence electrons. The second-order valence-electron chi connectivity index (χ2n) is 12.4. The normalized spacial score (nSPS) is 19.5. The summed E-state index contributed by atoms with van der Waals surface area (Å²) in [5.41, 5.74) is -0.149. The molecule has 3 aliphatic rings. The number of ether oxygens (including phenoxy) is 1. The zero-order valence-electron chi connectivity index (χ0n) is 27.3. The number of terminal acetylenes is 1.